The van der Waals surface area contributed by atoms with Crippen LogP contribution in [0.5, 0.6) is 5.75 Å². The normalized spacial score (nSPS) is 18.9. The van der Waals surface area contributed by atoms with Gasteiger partial charge in [0.2, 0.25) is 5.91 Å². The molecular weight excluding hydrogens is 429 g/mol. The largest absolute Gasteiger partial charge is 0.478 e. The van der Waals surface area contributed by atoms with Crippen LogP contribution in [0, 0.1) is 5.82 Å². The van der Waals surface area contributed by atoms with Crippen molar-refractivity contribution in [3.8, 4) is 5.75 Å². The lowest BCUT2D eigenvalue weighted by molar-refractivity contribution is -0.135. The van der Waals surface area contributed by atoms with Crippen LogP contribution in [0.15, 0.2) is 33.9 Å². The molecule has 0 aliphatic heterocycles. The summed E-state index contributed by atoms with van der Waals surface area (Å²) in [5.41, 5.74) is 0. The third-order valence-electron chi connectivity index (χ3n) is 6.45. The van der Waals surface area contributed by atoms with Crippen molar-refractivity contribution in [1.29, 1.82) is 0 Å². The van der Waals surface area contributed by atoms with Gasteiger partial charge in [0, 0.05) is 12.1 Å². The Hall–Kier alpha value is -2.09. The number of nitrogens with zero attached hydrogens (tertiary/aromatic N) is 3. The molecule has 2 saturated carbocycles. The molecule has 1 aromatic heterocycles. The molecule has 1 amide bonds. The van der Waals surface area contributed by atoms with Crippen LogP contribution in [0.3, 0.4) is 0 Å². The Morgan fingerprint density at radius 1 is 1.09 bits per heavy atom. The number of benzene rings is 1. The number of ether oxygens (including phenoxy) is 1. The van der Waals surface area contributed by atoms with E-state index in [2.05, 4.69) is 15.1 Å². The summed E-state index contributed by atoms with van der Waals surface area (Å²) >= 11 is 1.27. The van der Waals surface area contributed by atoms with Crippen LogP contribution < -0.4 is 4.74 Å². The van der Waals surface area contributed by atoms with Crippen molar-refractivity contribution >= 4 is 17.7 Å². The van der Waals surface area contributed by atoms with Gasteiger partial charge in [-0.15, -0.1) is 10.2 Å². The van der Waals surface area contributed by atoms with E-state index < -0.39 is 11.9 Å². The van der Waals surface area contributed by atoms with Crippen molar-refractivity contribution in [3.05, 3.63) is 36.0 Å². The number of aromatic nitrogens is 2. The predicted molar refractivity (Wildman–Crippen MR) is 121 cm³/mol. The molecule has 8 heteroatoms. The highest BCUT2D eigenvalue weighted by Gasteiger charge is 2.32. The number of amides is 1. The number of carbonyl (C=O) groups excluding carboxylic acids is 1. The fourth-order valence-electron chi connectivity index (χ4n) is 4.85. The lowest BCUT2D eigenvalue weighted by atomic mass is 9.88. The zero-order valence-electron chi connectivity index (χ0n) is 18.7. The molecule has 2 fully saturated rings. The van der Waals surface area contributed by atoms with Crippen molar-refractivity contribution < 1.29 is 18.3 Å². The number of thioether (sulfide) groups is 1. The summed E-state index contributed by atoms with van der Waals surface area (Å²) in [6.45, 7) is 1.73. The first-order valence-electron chi connectivity index (χ1n) is 11.8. The molecule has 4 rings (SSSR count). The minimum absolute atomic E-state index is 0.137. The smallest absolute Gasteiger partial charge is 0.277 e. The summed E-state index contributed by atoms with van der Waals surface area (Å²) in [7, 11) is 0. The van der Waals surface area contributed by atoms with E-state index in [-0.39, 0.29) is 23.3 Å². The molecule has 0 N–H and O–H groups in total. The Kier molecular flexibility index (Phi) is 8.05. The van der Waals surface area contributed by atoms with Crippen molar-refractivity contribution in [1.82, 2.24) is 15.1 Å². The van der Waals surface area contributed by atoms with Gasteiger partial charge in [0.15, 0.2) is 17.7 Å². The van der Waals surface area contributed by atoms with Crippen molar-refractivity contribution in [2.24, 2.45) is 0 Å². The van der Waals surface area contributed by atoms with Crippen LogP contribution in [-0.2, 0) is 4.79 Å². The highest BCUT2D eigenvalue weighted by molar-refractivity contribution is 7.99. The van der Waals surface area contributed by atoms with E-state index in [0.29, 0.717) is 17.3 Å². The predicted octanol–water partition coefficient (Wildman–Crippen LogP) is 5.93. The first-order valence-corrected chi connectivity index (χ1v) is 12.8. The van der Waals surface area contributed by atoms with Gasteiger partial charge < -0.3 is 14.1 Å². The van der Waals surface area contributed by atoms with Crippen LogP contribution in [0.2, 0.25) is 0 Å². The molecule has 0 bridgehead atoms. The van der Waals surface area contributed by atoms with E-state index in [1.807, 2.05) is 0 Å². The van der Waals surface area contributed by atoms with Gasteiger partial charge >= 0.3 is 0 Å². The molecule has 32 heavy (non-hydrogen) atoms. The second kappa shape index (κ2) is 11.2. The summed E-state index contributed by atoms with van der Waals surface area (Å²) in [6, 6.07) is 6.94. The Balaban J connectivity index is 1.36. The number of rotatable bonds is 8. The van der Waals surface area contributed by atoms with Crippen molar-refractivity contribution in [2.45, 2.75) is 94.5 Å². The first-order chi connectivity index (χ1) is 15.6. The summed E-state index contributed by atoms with van der Waals surface area (Å²) in [6.07, 6.45) is 11.2. The molecule has 1 atom stereocenters. The second-order valence-corrected chi connectivity index (χ2v) is 9.70. The van der Waals surface area contributed by atoms with Gasteiger partial charge in [-0.25, -0.2) is 4.39 Å². The standard InChI is InChI=1S/C24H32FN3O3S/c1-17(30-21-15-9-8-14-20(21)25)23-26-27-24(31-23)32-16-22(29)28(18-10-4-2-5-11-18)19-12-6-3-7-13-19/h8-9,14-15,17-19H,2-7,10-13,16H2,1H3. The summed E-state index contributed by atoms with van der Waals surface area (Å²) in [4.78, 5) is 15.5. The van der Waals surface area contributed by atoms with E-state index in [1.165, 1.54) is 56.4 Å². The van der Waals surface area contributed by atoms with Gasteiger partial charge in [-0.05, 0) is 44.7 Å². The molecule has 0 spiro atoms. The Bertz CT molecular complexity index is 863. The maximum atomic E-state index is 13.8. The van der Waals surface area contributed by atoms with Gasteiger partial charge in [0.05, 0.1) is 5.75 Å². The summed E-state index contributed by atoms with van der Waals surface area (Å²) in [5.74, 6) is 0.420. The third-order valence-corrected chi connectivity index (χ3v) is 7.26. The Morgan fingerprint density at radius 2 is 1.72 bits per heavy atom. The quantitative estimate of drug-likeness (QED) is 0.454. The molecule has 1 heterocycles. The molecule has 1 unspecified atom stereocenters. The average Bonchev–Trinajstić information content (AvgIpc) is 3.30. The Labute approximate surface area is 193 Å². The molecule has 2 aliphatic carbocycles. The molecule has 1 aromatic carbocycles. The molecule has 2 aromatic rings. The van der Waals surface area contributed by atoms with E-state index in [9.17, 15) is 9.18 Å². The molecule has 6 nitrogen and oxygen atoms in total. The van der Waals surface area contributed by atoms with E-state index in [1.54, 1.807) is 25.1 Å². The van der Waals surface area contributed by atoms with Crippen LogP contribution in [0.1, 0.15) is 83.1 Å². The zero-order chi connectivity index (χ0) is 22.3. The van der Waals surface area contributed by atoms with Gasteiger partial charge in [0.1, 0.15) is 0 Å². The monoisotopic (exact) mass is 461 g/mol. The van der Waals surface area contributed by atoms with Gasteiger partial charge in [-0.3, -0.25) is 4.79 Å². The van der Waals surface area contributed by atoms with Gasteiger partial charge in [-0.1, -0.05) is 62.4 Å². The van der Waals surface area contributed by atoms with Crippen LogP contribution in [-0.4, -0.2) is 38.8 Å². The lowest BCUT2D eigenvalue weighted by Gasteiger charge is -2.41. The van der Waals surface area contributed by atoms with E-state index in [4.69, 9.17) is 9.15 Å². The molecular formula is C24H32FN3O3S. The minimum atomic E-state index is -0.592. The van der Waals surface area contributed by atoms with Crippen molar-refractivity contribution in [3.63, 3.8) is 0 Å². The maximum Gasteiger partial charge on any atom is 0.277 e. The molecule has 174 valence electrons. The Morgan fingerprint density at radius 3 is 2.34 bits per heavy atom. The summed E-state index contributed by atoms with van der Waals surface area (Å²) < 4.78 is 25.1. The number of carbonyl (C=O) groups is 1. The van der Waals surface area contributed by atoms with Crippen LogP contribution in [0.25, 0.3) is 0 Å². The number of hydrogen-bond acceptors (Lipinski definition) is 6. The van der Waals surface area contributed by atoms with Crippen LogP contribution >= 0.6 is 11.8 Å². The van der Waals surface area contributed by atoms with Crippen molar-refractivity contribution in [2.75, 3.05) is 5.75 Å². The number of para-hydroxylation sites is 1. The molecule has 0 saturated heterocycles. The van der Waals surface area contributed by atoms with E-state index >= 15 is 0 Å². The first kappa shape index (κ1) is 23.1. The highest BCUT2D eigenvalue weighted by Crippen LogP contribution is 2.32. The van der Waals surface area contributed by atoms with Gasteiger partial charge in [-0.2, -0.15) is 0 Å². The fourth-order valence-corrected chi connectivity index (χ4v) is 5.48. The lowest BCUT2D eigenvalue weighted by Crippen LogP contribution is -2.49. The SMILES string of the molecule is CC(Oc1ccccc1F)c1nnc(SCC(=O)N(C2CCCCC2)C2CCCCC2)o1. The number of halogens is 1. The molecule has 0 radical (unpaired) electrons. The highest BCUT2D eigenvalue weighted by atomic mass is 32.2. The maximum absolute atomic E-state index is 13.8. The second-order valence-electron chi connectivity index (χ2n) is 8.77. The third kappa shape index (κ3) is 5.82. The minimum Gasteiger partial charge on any atom is -0.478 e. The summed E-state index contributed by atoms with van der Waals surface area (Å²) in [5, 5.41) is 8.43. The van der Waals surface area contributed by atoms with Gasteiger partial charge in [0.25, 0.3) is 11.1 Å². The molecule has 2 aliphatic rings. The van der Waals surface area contributed by atoms with Crippen LogP contribution in [0.4, 0.5) is 4.39 Å². The topological polar surface area (TPSA) is 68.5 Å². The van der Waals surface area contributed by atoms with E-state index in [0.717, 1.165) is 25.7 Å². The average molecular weight is 462 g/mol. The zero-order valence-corrected chi connectivity index (χ0v) is 19.5. The fraction of sp³-hybridized carbons (Fsp3) is 0.625. The number of hydrogen-bond donors (Lipinski definition) is 0.